The molecule has 0 spiro atoms. The Hall–Kier alpha value is -1.19. The van der Waals surface area contributed by atoms with E-state index in [1.807, 2.05) is 24.3 Å². The molecule has 0 saturated heterocycles. The lowest BCUT2D eigenvalue weighted by Crippen LogP contribution is -2.07. The number of ether oxygens (including phenoxy) is 1. The van der Waals surface area contributed by atoms with Crippen molar-refractivity contribution in [2.75, 3.05) is 12.4 Å². The predicted octanol–water partition coefficient (Wildman–Crippen LogP) is 5.21. The molecule has 0 bridgehead atoms. The van der Waals surface area contributed by atoms with Crippen molar-refractivity contribution in [3.63, 3.8) is 0 Å². The van der Waals surface area contributed by atoms with Gasteiger partial charge in [0.2, 0.25) is 0 Å². The lowest BCUT2D eigenvalue weighted by atomic mass is 10.1. The second-order valence-electron chi connectivity index (χ2n) is 4.93. The van der Waals surface area contributed by atoms with Gasteiger partial charge in [0.25, 0.3) is 0 Å². The normalized spacial score (nSPS) is 16.9. The topological polar surface area (TPSA) is 21.3 Å². The van der Waals surface area contributed by atoms with Gasteiger partial charge in [-0.3, -0.25) is 0 Å². The third kappa shape index (κ3) is 2.65. The van der Waals surface area contributed by atoms with E-state index in [1.165, 1.54) is 11.1 Å². The van der Waals surface area contributed by atoms with Crippen molar-refractivity contribution in [1.29, 1.82) is 0 Å². The lowest BCUT2D eigenvalue weighted by Gasteiger charge is -2.16. The van der Waals surface area contributed by atoms with Crippen LogP contribution in [0.4, 0.5) is 5.69 Å². The zero-order valence-electron chi connectivity index (χ0n) is 11.1. The highest BCUT2D eigenvalue weighted by atomic mass is 79.9. The zero-order valence-corrected chi connectivity index (χ0v) is 13.5. The number of rotatable bonds is 3. The molecule has 2 aromatic rings. The average Bonchev–Trinajstić information content (AvgIpc) is 2.81. The summed E-state index contributed by atoms with van der Waals surface area (Å²) >= 11 is 9.56. The van der Waals surface area contributed by atoms with Crippen molar-refractivity contribution in [3.8, 4) is 5.75 Å². The molecule has 0 saturated carbocycles. The molecule has 20 heavy (non-hydrogen) atoms. The van der Waals surface area contributed by atoms with Gasteiger partial charge < -0.3 is 10.1 Å². The van der Waals surface area contributed by atoms with E-state index >= 15 is 0 Å². The number of fused-ring (bicyclic) bond motifs is 1. The molecule has 1 atom stereocenters. The van der Waals surface area contributed by atoms with Crippen LogP contribution in [0.25, 0.3) is 0 Å². The van der Waals surface area contributed by atoms with Crippen molar-refractivity contribution < 1.29 is 4.74 Å². The van der Waals surface area contributed by atoms with Crippen LogP contribution in [0.2, 0.25) is 5.02 Å². The Labute approximate surface area is 132 Å². The number of halogens is 2. The Balaban J connectivity index is 1.82. The fourth-order valence-electron chi connectivity index (χ4n) is 2.69. The molecule has 0 fully saturated rings. The number of aryl methyl sites for hydroxylation is 1. The van der Waals surface area contributed by atoms with Crippen LogP contribution in [0.1, 0.15) is 23.6 Å². The highest BCUT2D eigenvalue weighted by Gasteiger charge is 2.22. The summed E-state index contributed by atoms with van der Waals surface area (Å²) < 4.78 is 6.21. The molecule has 104 valence electrons. The monoisotopic (exact) mass is 351 g/mol. The van der Waals surface area contributed by atoms with E-state index in [9.17, 15) is 0 Å². The summed E-state index contributed by atoms with van der Waals surface area (Å²) in [5.74, 6) is 0.842. The second kappa shape index (κ2) is 5.66. The van der Waals surface area contributed by atoms with Crippen LogP contribution in [-0.2, 0) is 6.42 Å². The van der Waals surface area contributed by atoms with Crippen molar-refractivity contribution in [2.24, 2.45) is 0 Å². The maximum absolute atomic E-state index is 6.04. The van der Waals surface area contributed by atoms with Crippen LogP contribution >= 0.6 is 27.5 Å². The standard InChI is InChI=1S/C16H15BrClNO/c1-20-16-7-4-12(9-14(16)17)19-15-6-2-10-8-11(18)3-5-13(10)15/h3-5,7-9,15,19H,2,6H2,1H3. The Morgan fingerprint density at radius 3 is 2.85 bits per heavy atom. The van der Waals surface area contributed by atoms with E-state index < -0.39 is 0 Å². The number of nitrogens with one attached hydrogen (secondary N) is 1. The summed E-state index contributed by atoms with van der Waals surface area (Å²) in [6.45, 7) is 0. The third-order valence-electron chi connectivity index (χ3n) is 3.68. The van der Waals surface area contributed by atoms with Crippen LogP contribution in [0.15, 0.2) is 40.9 Å². The van der Waals surface area contributed by atoms with Gasteiger partial charge in [-0.1, -0.05) is 17.7 Å². The number of hydrogen-bond donors (Lipinski definition) is 1. The van der Waals surface area contributed by atoms with Gasteiger partial charge in [-0.2, -0.15) is 0 Å². The average molecular weight is 353 g/mol. The van der Waals surface area contributed by atoms with Gasteiger partial charge in [-0.25, -0.2) is 0 Å². The lowest BCUT2D eigenvalue weighted by molar-refractivity contribution is 0.412. The Morgan fingerprint density at radius 1 is 1.25 bits per heavy atom. The summed E-state index contributed by atoms with van der Waals surface area (Å²) in [6.07, 6.45) is 2.17. The molecule has 0 aromatic heterocycles. The molecule has 2 nitrogen and oxygen atoms in total. The minimum atomic E-state index is 0.350. The van der Waals surface area contributed by atoms with Gasteiger partial charge in [-0.15, -0.1) is 0 Å². The fraction of sp³-hybridized carbons (Fsp3) is 0.250. The predicted molar refractivity (Wildman–Crippen MR) is 86.8 cm³/mol. The van der Waals surface area contributed by atoms with Gasteiger partial charge in [0.15, 0.2) is 0 Å². The smallest absolute Gasteiger partial charge is 0.133 e. The summed E-state index contributed by atoms with van der Waals surface area (Å²) in [7, 11) is 1.67. The molecular formula is C16H15BrClNO. The highest BCUT2D eigenvalue weighted by Crippen LogP contribution is 2.36. The minimum Gasteiger partial charge on any atom is -0.496 e. The zero-order chi connectivity index (χ0) is 14.1. The number of anilines is 1. The van der Waals surface area contributed by atoms with Crippen molar-refractivity contribution in [1.82, 2.24) is 0 Å². The molecule has 0 radical (unpaired) electrons. The second-order valence-corrected chi connectivity index (χ2v) is 6.22. The first-order chi connectivity index (χ1) is 9.67. The van der Waals surface area contributed by atoms with Gasteiger partial charge in [0.1, 0.15) is 5.75 Å². The van der Waals surface area contributed by atoms with Crippen molar-refractivity contribution >= 4 is 33.2 Å². The van der Waals surface area contributed by atoms with E-state index in [2.05, 4.69) is 33.4 Å². The first-order valence-corrected chi connectivity index (χ1v) is 7.73. The summed E-state index contributed by atoms with van der Waals surface area (Å²) in [5, 5.41) is 4.40. The molecule has 0 aliphatic heterocycles. The Kier molecular flexibility index (Phi) is 3.90. The minimum absolute atomic E-state index is 0.350. The highest BCUT2D eigenvalue weighted by molar-refractivity contribution is 9.10. The van der Waals surface area contributed by atoms with E-state index in [-0.39, 0.29) is 0 Å². The molecule has 1 N–H and O–H groups in total. The Morgan fingerprint density at radius 2 is 2.10 bits per heavy atom. The van der Waals surface area contributed by atoms with Gasteiger partial charge in [-0.05, 0) is 70.2 Å². The molecule has 1 aliphatic carbocycles. The molecule has 1 unspecified atom stereocenters. The van der Waals surface area contributed by atoms with Crippen LogP contribution in [0, 0.1) is 0 Å². The quantitative estimate of drug-likeness (QED) is 0.818. The summed E-state index contributed by atoms with van der Waals surface area (Å²) in [6, 6.07) is 12.6. The molecule has 0 amide bonds. The fourth-order valence-corrected chi connectivity index (χ4v) is 3.43. The first kappa shape index (κ1) is 13.8. The van der Waals surface area contributed by atoms with Gasteiger partial charge >= 0.3 is 0 Å². The molecule has 0 heterocycles. The molecular weight excluding hydrogens is 338 g/mol. The van der Waals surface area contributed by atoms with E-state index in [4.69, 9.17) is 16.3 Å². The number of benzene rings is 2. The van der Waals surface area contributed by atoms with Crippen molar-refractivity contribution in [2.45, 2.75) is 18.9 Å². The maximum Gasteiger partial charge on any atom is 0.133 e. The van der Waals surface area contributed by atoms with Crippen LogP contribution in [0.3, 0.4) is 0 Å². The van der Waals surface area contributed by atoms with Gasteiger partial charge in [0, 0.05) is 10.7 Å². The van der Waals surface area contributed by atoms with Crippen molar-refractivity contribution in [3.05, 3.63) is 57.0 Å². The Bertz CT molecular complexity index is 644. The van der Waals surface area contributed by atoms with Crippen LogP contribution in [-0.4, -0.2) is 7.11 Å². The number of hydrogen-bond acceptors (Lipinski definition) is 2. The molecule has 1 aliphatic rings. The van der Waals surface area contributed by atoms with E-state index in [0.717, 1.165) is 33.8 Å². The molecule has 3 rings (SSSR count). The molecule has 4 heteroatoms. The van der Waals surface area contributed by atoms with E-state index in [1.54, 1.807) is 7.11 Å². The maximum atomic E-state index is 6.04. The summed E-state index contributed by atoms with van der Waals surface area (Å²) in [5.41, 5.74) is 3.79. The van der Waals surface area contributed by atoms with Gasteiger partial charge in [0.05, 0.1) is 17.6 Å². The SMILES string of the molecule is COc1ccc(NC2CCc3cc(Cl)ccc32)cc1Br. The van der Waals surface area contributed by atoms with Crippen LogP contribution in [0.5, 0.6) is 5.75 Å². The van der Waals surface area contributed by atoms with E-state index in [0.29, 0.717) is 6.04 Å². The molecule has 2 aromatic carbocycles. The first-order valence-electron chi connectivity index (χ1n) is 6.56. The van der Waals surface area contributed by atoms with Crippen LogP contribution < -0.4 is 10.1 Å². The summed E-state index contributed by atoms with van der Waals surface area (Å²) in [4.78, 5) is 0. The largest absolute Gasteiger partial charge is 0.496 e. The third-order valence-corrected chi connectivity index (χ3v) is 4.53. The number of methoxy groups -OCH3 is 1.